The van der Waals surface area contributed by atoms with Crippen molar-refractivity contribution in [1.82, 2.24) is 10.2 Å². The van der Waals surface area contributed by atoms with Crippen molar-refractivity contribution in [3.05, 3.63) is 11.3 Å². The topological polar surface area (TPSA) is 75.4 Å². The molecule has 0 unspecified atom stereocenters. The van der Waals surface area contributed by atoms with Crippen LogP contribution in [-0.4, -0.2) is 36.1 Å². The molecule has 5 nitrogen and oxygen atoms in total. The first-order valence-corrected chi connectivity index (χ1v) is 5.73. The molecule has 0 saturated heterocycles. The monoisotopic (exact) mass is 279 g/mol. The fraction of sp³-hybridized carbons (Fsp3) is 0.636. The molecule has 0 fully saturated rings. The van der Waals surface area contributed by atoms with Gasteiger partial charge in [-0.3, -0.25) is 4.79 Å². The van der Waals surface area contributed by atoms with E-state index in [1.165, 1.54) is 6.92 Å². The van der Waals surface area contributed by atoms with Gasteiger partial charge in [-0.15, -0.1) is 0 Å². The van der Waals surface area contributed by atoms with Crippen molar-refractivity contribution < 1.29 is 22.8 Å². The fourth-order valence-corrected chi connectivity index (χ4v) is 1.83. The molecular formula is C11H16F3N3O2. The lowest BCUT2D eigenvalue weighted by molar-refractivity contribution is -0.139. The number of rotatable bonds is 3. The van der Waals surface area contributed by atoms with Crippen LogP contribution in [0.25, 0.3) is 0 Å². The molecule has 0 aliphatic carbocycles. The van der Waals surface area contributed by atoms with Crippen molar-refractivity contribution in [3.63, 3.8) is 0 Å². The van der Waals surface area contributed by atoms with Crippen LogP contribution in [0.3, 0.4) is 0 Å². The number of carbonyl (C=O) groups is 2. The van der Waals surface area contributed by atoms with Gasteiger partial charge in [-0.1, -0.05) is 5.57 Å². The number of nitrogens with one attached hydrogen (secondary N) is 1. The van der Waals surface area contributed by atoms with Crippen LogP contribution in [0.5, 0.6) is 0 Å². The number of hydrogen-bond donors (Lipinski definition) is 2. The van der Waals surface area contributed by atoms with Crippen LogP contribution >= 0.6 is 0 Å². The molecule has 0 aromatic carbocycles. The fourth-order valence-electron chi connectivity index (χ4n) is 1.83. The molecule has 1 atom stereocenters. The molecule has 1 rings (SSSR count). The zero-order valence-corrected chi connectivity index (χ0v) is 10.7. The molecule has 1 aliphatic rings. The van der Waals surface area contributed by atoms with E-state index in [0.29, 0.717) is 16.2 Å². The predicted octanol–water partition coefficient (Wildman–Crippen LogP) is 1.36. The Hall–Kier alpha value is -1.73. The van der Waals surface area contributed by atoms with Crippen molar-refractivity contribution in [2.24, 2.45) is 11.7 Å². The second-order valence-corrected chi connectivity index (χ2v) is 4.53. The molecule has 0 radical (unpaired) electrons. The zero-order chi connectivity index (χ0) is 14.8. The smallest absolute Gasteiger partial charge is 0.369 e. The first kappa shape index (κ1) is 15.3. The number of carbonyl (C=O) groups excluding carboxylic acids is 2. The molecule has 3 amide bonds. The van der Waals surface area contributed by atoms with Crippen molar-refractivity contribution in [2.75, 3.05) is 13.1 Å². The van der Waals surface area contributed by atoms with Gasteiger partial charge in [0, 0.05) is 12.2 Å². The summed E-state index contributed by atoms with van der Waals surface area (Å²) in [6, 6.07) is -0.864. The maximum absolute atomic E-state index is 12.3. The summed E-state index contributed by atoms with van der Waals surface area (Å²) in [7, 11) is 0. The van der Waals surface area contributed by atoms with Crippen LogP contribution in [0.2, 0.25) is 0 Å². The molecule has 1 heterocycles. The first-order chi connectivity index (χ1) is 8.61. The van der Waals surface area contributed by atoms with Gasteiger partial charge in [0.05, 0.1) is 5.92 Å². The highest BCUT2D eigenvalue weighted by Crippen LogP contribution is 2.22. The van der Waals surface area contributed by atoms with E-state index >= 15 is 0 Å². The number of halogens is 3. The highest BCUT2D eigenvalue weighted by atomic mass is 19.4. The summed E-state index contributed by atoms with van der Waals surface area (Å²) < 4.78 is 37.0. The Morgan fingerprint density at radius 1 is 1.53 bits per heavy atom. The molecule has 0 saturated carbocycles. The zero-order valence-electron chi connectivity index (χ0n) is 10.7. The molecule has 0 bridgehead atoms. The lowest BCUT2D eigenvalue weighted by atomic mass is 10.0. The second-order valence-electron chi connectivity index (χ2n) is 4.53. The summed E-state index contributed by atoms with van der Waals surface area (Å²) in [5, 5.41) is 2.35. The van der Waals surface area contributed by atoms with Crippen molar-refractivity contribution in [3.8, 4) is 0 Å². The minimum atomic E-state index is -4.45. The average Bonchev–Trinajstić information content (AvgIpc) is 2.39. The van der Waals surface area contributed by atoms with Crippen LogP contribution in [0.15, 0.2) is 11.3 Å². The lowest BCUT2D eigenvalue weighted by Crippen LogP contribution is -2.44. The Morgan fingerprint density at radius 3 is 2.58 bits per heavy atom. The lowest BCUT2D eigenvalue weighted by Gasteiger charge is -2.22. The predicted molar refractivity (Wildman–Crippen MR) is 61.8 cm³/mol. The van der Waals surface area contributed by atoms with Gasteiger partial charge in [0.1, 0.15) is 6.54 Å². The van der Waals surface area contributed by atoms with Gasteiger partial charge in [0.15, 0.2) is 0 Å². The molecule has 0 aromatic heterocycles. The van der Waals surface area contributed by atoms with Gasteiger partial charge in [-0.05, 0) is 20.3 Å². The van der Waals surface area contributed by atoms with Crippen LogP contribution in [-0.2, 0) is 4.79 Å². The van der Waals surface area contributed by atoms with Crippen LogP contribution in [0.4, 0.5) is 18.0 Å². The van der Waals surface area contributed by atoms with E-state index < -0.39 is 30.6 Å². The SMILES string of the molecule is CC1=C([C@H](C)C(N)=O)NC(=O)N(CC(F)(F)F)CC1. The third kappa shape index (κ3) is 4.15. The van der Waals surface area contributed by atoms with E-state index in [4.69, 9.17) is 5.73 Å². The quantitative estimate of drug-likeness (QED) is 0.818. The molecule has 0 aromatic rings. The third-order valence-corrected chi connectivity index (χ3v) is 2.98. The Labute approximate surface area is 108 Å². The van der Waals surface area contributed by atoms with Crippen LogP contribution in [0.1, 0.15) is 20.3 Å². The molecule has 19 heavy (non-hydrogen) atoms. The number of alkyl halides is 3. The highest BCUT2D eigenvalue weighted by Gasteiger charge is 2.35. The molecule has 3 N–H and O–H groups in total. The maximum Gasteiger partial charge on any atom is 0.406 e. The summed E-state index contributed by atoms with van der Waals surface area (Å²) in [5.74, 6) is -1.38. The molecule has 108 valence electrons. The van der Waals surface area contributed by atoms with Gasteiger partial charge in [-0.2, -0.15) is 13.2 Å². The van der Waals surface area contributed by atoms with E-state index in [1.807, 2.05) is 0 Å². The minimum Gasteiger partial charge on any atom is -0.369 e. The number of hydrogen-bond acceptors (Lipinski definition) is 2. The van der Waals surface area contributed by atoms with Crippen LogP contribution < -0.4 is 11.1 Å². The Kier molecular flexibility index (Phi) is 4.43. The van der Waals surface area contributed by atoms with Gasteiger partial charge < -0.3 is 16.0 Å². The number of nitrogens with two attached hydrogens (primary N) is 1. The molecular weight excluding hydrogens is 263 g/mol. The number of nitrogens with zero attached hydrogens (tertiary/aromatic N) is 1. The summed E-state index contributed by atoms with van der Waals surface area (Å²) >= 11 is 0. The standard InChI is InChI=1S/C11H16F3N3O2/c1-6-3-4-17(5-11(12,13)14)10(19)16-8(6)7(2)9(15)18/h7H,3-5H2,1-2H3,(H2,15,18)(H,16,19)/t7-/m0/s1. The van der Waals surface area contributed by atoms with Crippen molar-refractivity contribution in [1.29, 1.82) is 0 Å². The van der Waals surface area contributed by atoms with Gasteiger partial charge in [0.25, 0.3) is 0 Å². The minimum absolute atomic E-state index is 0.0494. The van der Waals surface area contributed by atoms with E-state index in [9.17, 15) is 22.8 Å². The highest BCUT2D eigenvalue weighted by molar-refractivity contribution is 5.83. The number of amides is 3. The van der Waals surface area contributed by atoms with E-state index in [-0.39, 0.29) is 13.0 Å². The molecule has 1 aliphatic heterocycles. The van der Waals surface area contributed by atoms with Gasteiger partial charge >= 0.3 is 12.2 Å². The molecule has 8 heteroatoms. The van der Waals surface area contributed by atoms with Gasteiger partial charge in [-0.25, -0.2) is 4.79 Å². The van der Waals surface area contributed by atoms with Crippen molar-refractivity contribution in [2.45, 2.75) is 26.4 Å². The second kappa shape index (κ2) is 5.50. The Morgan fingerprint density at radius 2 is 2.11 bits per heavy atom. The van der Waals surface area contributed by atoms with E-state index in [1.54, 1.807) is 6.92 Å². The first-order valence-electron chi connectivity index (χ1n) is 5.73. The van der Waals surface area contributed by atoms with E-state index in [2.05, 4.69) is 5.32 Å². The summed E-state index contributed by atoms with van der Waals surface area (Å²) in [6.45, 7) is 1.80. The largest absolute Gasteiger partial charge is 0.406 e. The summed E-state index contributed by atoms with van der Waals surface area (Å²) in [4.78, 5) is 23.5. The number of primary amides is 1. The maximum atomic E-state index is 12.3. The third-order valence-electron chi connectivity index (χ3n) is 2.98. The van der Waals surface area contributed by atoms with Crippen molar-refractivity contribution >= 4 is 11.9 Å². The Balaban J connectivity index is 2.87. The Bertz CT molecular complexity index is 418. The van der Waals surface area contributed by atoms with Gasteiger partial charge in [0.2, 0.25) is 5.91 Å². The molecule has 0 spiro atoms. The normalized spacial score (nSPS) is 19.0. The summed E-state index contributed by atoms with van der Waals surface area (Å²) in [6.07, 6.45) is -4.19. The average molecular weight is 279 g/mol. The van der Waals surface area contributed by atoms with E-state index in [0.717, 1.165) is 0 Å². The number of urea groups is 1. The van der Waals surface area contributed by atoms with Crippen LogP contribution in [0, 0.1) is 5.92 Å². The summed E-state index contributed by atoms with van der Waals surface area (Å²) in [5.41, 5.74) is 6.09.